The van der Waals surface area contributed by atoms with Crippen LogP contribution in [0.3, 0.4) is 0 Å². The topological polar surface area (TPSA) is 55.4 Å². The molecule has 96 valence electrons. The van der Waals surface area contributed by atoms with E-state index in [-0.39, 0.29) is 0 Å². The van der Waals surface area contributed by atoms with Crippen molar-refractivity contribution in [3.63, 3.8) is 0 Å². The lowest BCUT2D eigenvalue weighted by atomic mass is 10.2. The molecule has 4 nitrogen and oxygen atoms in total. The number of benzene rings is 2. The first-order valence-electron chi connectivity index (χ1n) is 5.79. The van der Waals surface area contributed by atoms with Crippen LogP contribution in [0.2, 0.25) is 0 Å². The van der Waals surface area contributed by atoms with E-state index in [0.29, 0.717) is 23.4 Å². The Bertz CT molecular complexity index is 608. The fourth-order valence-corrected chi connectivity index (χ4v) is 1.69. The van der Waals surface area contributed by atoms with E-state index in [0.717, 1.165) is 5.56 Å². The Hall–Kier alpha value is -2.62. The van der Waals surface area contributed by atoms with Crippen molar-refractivity contribution in [3.8, 4) is 5.75 Å². The molecular weight excluding hydrogens is 242 g/mol. The second kappa shape index (κ2) is 5.82. The van der Waals surface area contributed by atoms with E-state index in [1.807, 2.05) is 19.1 Å². The molecular formula is C15H13NO3. The van der Waals surface area contributed by atoms with E-state index < -0.39 is 5.97 Å². The summed E-state index contributed by atoms with van der Waals surface area (Å²) in [7, 11) is 0. The molecule has 1 amide bonds. The number of carbonyl (C=O) groups excluding carboxylic acids is 2. The summed E-state index contributed by atoms with van der Waals surface area (Å²) in [5.41, 5.74) is 1.75. The molecule has 0 aromatic heterocycles. The van der Waals surface area contributed by atoms with Gasteiger partial charge in [-0.1, -0.05) is 24.3 Å². The van der Waals surface area contributed by atoms with Crippen molar-refractivity contribution >= 4 is 18.1 Å². The summed E-state index contributed by atoms with van der Waals surface area (Å²) >= 11 is 0. The number of hydrogen-bond acceptors (Lipinski definition) is 3. The average molecular weight is 255 g/mol. The minimum Gasteiger partial charge on any atom is -0.423 e. The number of aryl methyl sites for hydroxylation is 1. The standard InChI is InChI=1S/C15H13NO3/c1-11-5-4-6-12(9-11)19-15(18)13-7-2-3-8-14(13)16-10-17/h2-10H,1H3,(H,16,17). The van der Waals surface area contributed by atoms with Gasteiger partial charge in [-0.05, 0) is 36.8 Å². The Morgan fingerprint density at radius 3 is 2.68 bits per heavy atom. The van der Waals surface area contributed by atoms with Crippen LogP contribution in [-0.4, -0.2) is 12.4 Å². The molecule has 1 N–H and O–H groups in total. The summed E-state index contributed by atoms with van der Waals surface area (Å²) in [4.78, 5) is 22.5. The van der Waals surface area contributed by atoms with Crippen LogP contribution >= 0.6 is 0 Å². The number of hydrogen-bond donors (Lipinski definition) is 1. The van der Waals surface area contributed by atoms with Crippen molar-refractivity contribution < 1.29 is 14.3 Å². The number of amides is 1. The molecule has 0 unspecified atom stereocenters. The van der Waals surface area contributed by atoms with Gasteiger partial charge < -0.3 is 10.1 Å². The number of anilines is 1. The van der Waals surface area contributed by atoms with Crippen molar-refractivity contribution in [3.05, 3.63) is 59.7 Å². The van der Waals surface area contributed by atoms with E-state index in [2.05, 4.69) is 5.32 Å². The van der Waals surface area contributed by atoms with Gasteiger partial charge in [0.15, 0.2) is 0 Å². The van der Waals surface area contributed by atoms with Crippen LogP contribution < -0.4 is 10.1 Å². The van der Waals surface area contributed by atoms with Crippen LogP contribution in [0.5, 0.6) is 5.75 Å². The minimum atomic E-state index is -0.504. The van der Waals surface area contributed by atoms with Gasteiger partial charge in [-0.3, -0.25) is 4.79 Å². The molecule has 0 saturated heterocycles. The summed E-state index contributed by atoms with van der Waals surface area (Å²) in [6.45, 7) is 1.92. The highest BCUT2D eigenvalue weighted by Gasteiger charge is 2.13. The quantitative estimate of drug-likeness (QED) is 0.519. The van der Waals surface area contributed by atoms with Crippen molar-refractivity contribution in [2.45, 2.75) is 6.92 Å². The third-order valence-electron chi connectivity index (χ3n) is 2.56. The Labute approximate surface area is 111 Å². The van der Waals surface area contributed by atoms with Gasteiger partial charge in [-0.25, -0.2) is 4.79 Å². The van der Waals surface area contributed by atoms with E-state index in [1.165, 1.54) is 0 Å². The summed E-state index contributed by atoms with van der Waals surface area (Å²) < 4.78 is 5.27. The molecule has 0 bridgehead atoms. The zero-order valence-electron chi connectivity index (χ0n) is 10.4. The highest BCUT2D eigenvalue weighted by Crippen LogP contribution is 2.19. The molecule has 4 heteroatoms. The van der Waals surface area contributed by atoms with Crippen LogP contribution in [0.4, 0.5) is 5.69 Å². The molecule has 0 heterocycles. The van der Waals surface area contributed by atoms with Gasteiger partial charge in [0.25, 0.3) is 0 Å². The lowest BCUT2D eigenvalue weighted by molar-refractivity contribution is -0.105. The van der Waals surface area contributed by atoms with Gasteiger partial charge in [0.2, 0.25) is 6.41 Å². The molecule has 0 fully saturated rings. The molecule has 2 rings (SSSR count). The smallest absolute Gasteiger partial charge is 0.345 e. The Kier molecular flexibility index (Phi) is 3.93. The number of nitrogens with one attached hydrogen (secondary N) is 1. The molecule has 0 atom stereocenters. The highest BCUT2D eigenvalue weighted by molar-refractivity contribution is 5.98. The largest absolute Gasteiger partial charge is 0.423 e. The summed E-state index contributed by atoms with van der Waals surface area (Å²) in [6, 6.07) is 13.9. The zero-order chi connectivity index (χ0) is 13.7. The molecule has 0 aliphatic carbocycles. The predicted octanol–water partition coefficient (Wildman–Crippen LogP) is 2.78. The second-order valence-electron chi connectivity index (χ2n) is 4.01. The number of rotatable bonds is 4. The first kappa shape index (κ1) is 12.8. The maximum atomic E-state index is 12.0. The molecule has 0 aliphatic rings. The van der Waals surface area contributed by atoms with Crippen LogP contribution in [0.15, 0.2) is 48.5 Å². The summed E-state index contributed by atoms with van der Waals surface area (Å²) in [6.07, 6.45) is 0.527. The normalized spacial score (nSPS) is 9.74. The molecule has 0 spiro atoms. The Morgan fingerprint density at radius 1 is 1.16 bits per heavy atom. The van der Waals surface area contributed by atoms with Crippen LogP contribution in [0, 0.1) is 6.92 Å². The van der Waals surface area contributed by atoms with E-state index in [4.69, 9.17) is 4.74 Å². The van der Waals surface area contributed by atoms with Gasteiger partial charge in [0.1, 0.15) is 5.75 Å². The van der Waals surface area contributed by atoms with E-state index in [9.17, 15) is 9.59 Å². The molecule has 0 aliphatic heterocycles. The van der Waals surface area contributed by atoms with E-state index >= 15 is 0 Å². The summed E-state index contributed by atoms with van der Waals surface area (Å²) in [5.74, 6) is -0.0264. The van der Waals surface area contributed by atoms with Crippen LogP contribution in [0.1, 0.15) is 15.9 Å². The second-order valence-corrected chi connectivity index (χ2v) is 4.01. The number of ether oxygens (including phenoxy) is 1. The highest BCUT2D eigenvalue weighted by atomic mass is 16.5. The molecule has 2 aromatic carbocycles. The third-order valence-corrected chi connectivity index (χ3v) is 2.56. The number of para-hydroxylation sites is 1. The van der Waals surface area contributed by atoms with Gasteiger partial charge in [0.05, 0.1) is 11.3 Å². The monoisotopic (exact) mass is 255 g/mol. The van der Waals surface area contributed by atoms with Crippen LogP contribution in [-0.2, 0) is 4.79 Å². The predicted molar refractivity (Wildman–Crippen MR) is 72.3 cm³/mol. The Balaban J connectivity index is 2.22. The van der Waals surface area contributed by atoms with Gasteiger partial charge in [-0.2, -0.15) is 0 Å². The summed E-state index contributed by atoms with van der Waals surface area (Å²) in [5, 5.41) is 2.47. The fraction of sp³-hybridized carbons (Fsp3) is 0.0667. The van der Waals surface area contributed by atoms with Crippen LogP contribution in [0.25, 0.3) is 0 Å². The molecule has 19 heavy (non-hydrogen) atoms. The van der Waals surface area contributed by atoms with Gasteiger partial charge >= 0.3 is 5.97 Å². The third kappa shape index (κ3) is 3.19. The zero-order valence-corrected chi connectivity index (χ0v) is 10.4. The van der Waals surface area contributed by atoms with Crippen molar-refractivity contribution in [1.29, 1.82) is 0 Å². The maximum absolute atomic E-state index is 12.0. The molecule has 0 saturated carbocycles. The first-order valence-corrected chi connectivity index (χ1v) is 5.79. The number of carbonyl (C=O) groups is 2. The molecule has 0 radical (unpaired) electrons. The van der Waals surface area contributed by atoms with E-state index in [1.54, 1.807) is 36.4 Å². The van der Waals surface area contributed by atoms with Crippen molar-refractivity contribution in [2.24, 2.45) is 0 Å². The Morgan fingerprint density at radius 2 is 1.95 bits per heavy atom. The fourth-order valence-electron chi connectivity index (χ4n) is 1.69. The lowest BCUT2D eigenvalue weighted by Crippen LogP contribution is -2.11. The van der Waals surface area contributed by atoms with Gasteiger partial charge in [-0.15, -0.1) is 0 Å². The molecule has 2 aromatic rings. The minimum absolute atomic E-state index is 0.316. The lowest BCUT2D eigenvalue weighted by Gasteiger charge is -2.08. The average Bonchev–Trinajstić information content (AvgIpc) is 2.39. The maximum Gasteiger partial charge on any atom is 0.345 e. The number of esters is 1. The SMILES string of the molecule is Cc1cccc(OC(=O)c2ccccc2NC=O)c1. The first-order chi connectivity index (χ1) is 9.20. The van der Waals surface area contributed by atoms with Gasteiger partial charge in [0, 0.05) is 0 Å². The van der Waals surface area contributed by atoms with Crippen molar-refractivity contribution in [1.82, 2.24) is 0 Å². The van der Waals surface area contributed by atoms with Crippen molar-refractivity contribution in [2.75, 3.05) is 5.32 Å².